The first kappa shape index (κ1) is 21.5. The molecule has 0 amide bonds. The van der Waals surface area contributed by atoms with Gasteiger partial charge < -0.3 is 9.85 Å². The van der Waals surface area contributed by atoms with Crippen LogP contribution in [0.4, 0.5) is 0 Å². The molecule has 31 heavy (non-hydrogen) atoms. The van der Waals surface area contributed by atoms with E-state index in [0.29, 0.717) is 6.54 Å². The first-order chi connectivity index (χ1) is 15.3. The third kappa shape index (κ3) is 4.78. The summed E-state index contributed by atoms with van der Waals surface area (Å²) >= 11 is 0. The fraction of sp³-hybridized carbons (Fsp3) is 0.111. The Hall–Kier alpha value is -2.77. The van der Waals surface area contributed by atoms with Crippen LogP contribution in [0.3, 0.4) is 0 Å². The zero-order valence-corrected chi connectivity index (χ0v) is 19.9. The molecule has 1 atom stereocenters. The largest absolute Gasteiger partial charge is 0.444 e. The Morgan fingerprint density at radius 3 is 1.35 bits per heavy atom. The minimum atomic E-state index is -2.70. The first-order valence-corrected chi connectivity index (χ1v) is 14.7. The van der Waals surface area contributed by atoms with E-state index in [1.54, 1.807) is 0 Å². The molecule has 0 radical (unpaired) electrons. The van der Waals surface area contributed by atoms with Crippen molar-refractivity contribution in [2.24, 2.45) is 5.73 Å². The standard InChI is InChI=1S/C27H29NOSi2/c28-22-13-23-30(24-14-5-1-6-15-24)29-31(25-16-7-2-8-17-25,26-18-9-3-10-19-26)27-20-11-4-12-21-27/h1-12,14-21,30H,13,22-23,28H2. The summed E-state index contributed by atoms with van der Waals surface area (Å²) in [6.45, 7) is 0.691. The van der Waals surface area contributed by atoms with Crippen LogP contribution in [-0.2, 0) is 4.12 Å². The van der Waals surface area contributed by atoms with Gasteiger partial charge in [0.15, 0.2) is 9.04 Å². The number of benzene rings is 4. The highest BCUT2D eigenvalue weighted by molar-refractivity contribution is 7.10. The van der Waals surface area contributed by atoms with Crippen molar-refractivity contribution in [1.29, 1.82) is 0 Å². The van der Waals surface area contributed by atoms with Crippen LogP contribution in [0.15, 0.2) is 121 Å². The molecule has 2 nitrogen and oxygen atoms in total. The van der Waals surface area contributed by atoms with Crippen molar-refractivity contribution in [3.8, 4) is 0 Å². The van der Waals surface area contributed by atoms with Crippen molar-refractivity contribution < 1.29 is 4.12 Å². The minimum absolute atomic E-state index is 0.691. The Morgan fingerprint density at radius 2 is 0.968 bits per heavy atom. The van der Waals surface area contributed by atoms with Gasteiger partial charge in [0.2, 0.25) is 0 Å². The molecule has 4 aromatic carbocycles. The summed E-state index contributed by atoms with van der Waals surface area (Å²) in [7, 11) is -4.46. The quantitative estimate of drug-likeness (QED) is 0.321. The average Bonchev–Trinajstić information content (AvgIpc) is 2.86. The highest BCUT2D eigenvalue weighted by atomic mass is 28.4. The average molecular weight is 440 g/mol. The molecule has 0 aromatic heterocycles. The predicted molar refractivity (Wildman–Crippen MR) is 137 cm³/mol. The zero-order chi connectivity index (χ0) is 21.4. The van der Waals surface area contributed by atoms with Crippen molar-refractivity contribution in [2.45, 2.75) is 12.5 Å². The molecule has 0 saturated carbocycles. The maximum Gasteiger partial charge on any atom is 0.278 e. The van der Waals surface area contributed by atoms with Gasteiger partial charge in [-0.15, -0.1) is 0 Å². The van der Waals surface area contributed by atoms with E-state index in [2.05, 4.69) is 121 Å². The minimum Gasteiger partial charge on any atom is -0.444 e. The summed E-state index contributed by atoms with van der Waals surface area (Å²) in [5.41, 5.74) is 5.93. The summed E-state index contributed by atoms with van der Waals surface area (Å²) < 4.78 is 7.51. The van der Waals surface area contributed by atoms with Gasteiger partial charge in [0.25, 0.3) is 8.32 Å². The van der Waals surface area contributed by atoms with E-state index in [-0.39, 0.29) is 0 Å². The van der Waals surface area contributed by atoms with Crippen LogP contribution >= 0.6 is 0 Å². The maximum absolute atomic E-state index is 7.51. The van der Waals surface area contributed by atoms with E-state index in [9.17, 15) is 0 Å². The number of hydrogen-bond acceptors (Lipinski definition) is 2. The molecule has 0 aliphatic heterocycles. The molecule has 4 rings (SSSR count). The molecular weight excluding hydrogens is 410 g/mol. The van der Waals surface area contributed by atoms with Gasteiger partial charge in [-0.3, -0.25) is 0 Å². The van der Waals surface area contributed by atoms with Gasteiger partial charge in [0.1, 0.15) is 0 Å². The molecule has 2 N–H and O–H groups in total. The molecule has 1 unspecified atom stereocenters. The van der Waals surface area contributed by atoms with Gasteiger partial charge in [-0.25, -0.2) is 0 Å². The van der Waals surface area contributed by atoms with Crippen LogP contribution in [0.1, 0.15) is 6.42 Å². The Bertz CT molecular complexity index is 947. The highest BCUT2D eigenvalue weighted by Crippen LogP contribution is 2.14. The van der Waals surface area contributed by atoms with E-state index >= 15 is 0 Å². The van der Waals surface area contributed by atoms with E-state index in [0.717, 1.165) is 12.5 Å². The second kappa shape index (κ2) is 10.5. The fourth-order valence-electron chi connectivity index (χ4n) is 4.20. The van der Waals surface area contributed by atoms with Crippen LogP contribution in [0.25, 0.3) is 0 Å². The monoisotopic (exact) mass is 439 g/mol. The lowest BCUT2D eigenvalue weighted by atomic mass is 10.3. The Kier molecular flexibility index (Phi) is 7.28. The van der Waals surface area contributed by atoms with Gasteiger partial charge in [0.05, 0.1) is 0 Å². The van der Waals surface area contributed by atoms with Gasteiger partial charge in [-0.2, -0.15) is 0 Å². The van der Waals surface area contributed by atoms with Crippen LogP contribution in [0, 0.1) is 0 Å². The molecule has 0 spiro atoms. The van der Waals surface area contributed by atoms with Gasteiger partial charge in [-0.1, -0.05) is 121 Å². The van der Waals surface area contributed by atoms with Crippen LogP contribution in [-0.4, -0.2) is 23.9 Å². The summed E-state index contributed by atoms with van der Waals surface area (Å²) in [5, 5.41) is 5.20. The summed E-state index contributed by atoms with van der Waals surface area (Å²) in [6, 6.07) is 44.3. The lowest BCUT2D eigenvalue weighted by Gasteiger charge is -2.37. The molecule has 156 valence electrons. The topological polar surface area (TPSA) is 35.2 Å². The van der Waals surface area contributed by atoms with Crippen molar-refractivity contribution in [3.05, 3.63) is 121 Å². The van der Waals surface area contributed by atoms with Crippen molar-refractivity contribution in [3.63, 3.8) is 0 Å². The van der Waals surface area contributed by atoms with Gasteiger partial charge >= 0.3 is 0 Å². The fourth-order valence-corrected chi connectivity index (χ4v) is 13.1. The van der Waals surface area contributed by atoms with E-state index < -0.39 is 17.4 Å². The third-order valence-electron chi connectivity index (χ3n) is 5.70. The molecule has 4 heteroatoms. The second-order valence-electron chi connectivity index (χ2n) is 7.73. The predicted octanol–water partition coefficient (Wildman–Crippen LogP) is 2.65. The van der Waals surface area contributed by atoms with Crippen molar-refractivity contribution >= 4 is 38.1 Å². The van der Waals surface area contributed by atoms with E-state index in [1.165, 1.54) is 20.7 Å². The lowest BCUT2D eigenvalue weighted by molar-refractivity contribution is 0.596. The smallest absolute Gasteiger partial charge is 0.278 e. The van der Waals surface area contributed by atoms with Crippen LogP contribution in [0.2, 0.25) is 6.04 Å². The Morgan fingerprint density at radius 1 is 0.581 bits per heavy atom. The molecule has 4 aromatic rings. The maximum atomic E-state index is 7.51. The molecule has 0 bridgehead atoms. The van der Waals surface area contributed by atoms with Gasteiger partial charge in [0, 0.05) is 0 Å². The summed E-state index contributed by atoms with van der Waals surface area (Å²) in [4.78, 5) is 0. The third-order valence-corrected chi connectivity index (χ3v) is 13.8. The highest BCUT2D eigenvalue weighted by Gasteiger charge is 2.43. The molecule has 0 aliphatic rings. The van der Waals surface area contributed by atoms with Crippen LogP contribution < -0.4 is 26.5 Å². The number of hydrogen-bond donors (Lipinski definition) is 1. The normalized spacial score (nSPS) is 12.4. The van der Waals surface area contributed by atoms with Crippen LogP contribution in [0.5, 0.6) is 0 Å². The van der Waals surface area contributed by atoms with E-state index in [4.69, 9.17) is 9.85 Å². The second-order valence-corrected chi connectivity index (χ2v) is 14.0. The Labute approximate surface area is 188 Å². The zero-order valence-electron chi connectivity index (χ0n) is 17.7. The van der Waals surface area contributed by atoms with Crippen molar-refractivity contribution in [2.75, 3.05) is 6.54 Å². The van der Waals surface area contributed by atoms with Gasteiger partial charge in [-0.05, 0) is 39.8 Å². The number of rotatable bonds is 9. The molecular formula is C27H29NOSi2. The number of nitrogens with two attached hydrogens (primary N) is 1. The SMILES string of the molecule is NCCC[SiH](O[Si](c1ccccc1)(c1ccccc1)c1ccccc1)c1ccccc1. The molecule has 0 heterocycles. The van der Waals surface area contributed by atoms with Crippen molar-refractivity contribution in [1.82, 2.24) is 0 Å². The lowest BCUT2D eigenvalue weighted by Crippen LogP contribution is -2.71. The molecule has 0 saturated heterocycles. The summed E-state index contributed by atoms with van der Waals surface area (Å²) in [5.74, 6) is 0. The summed E-state index contributed by atoms with van der Waals surface area (Å²) in [6.07, 6.45) is 0.981. The Balaban J connectivity index is 1.93. The first-order valence-electron chi connectivity index (χ1n) is 10.9. The molecule has 0 aliphatic carbocycles. The van der Waals surface area contributed by atoms with E-state index in [1.807, 2.05) is 0 Å². The molecule has 0 fully saturated rings.